The number of hydrogen-bond donors (Lipinski definition) is 1. The average molecular weight is 277 g/mol. The van der Waals surface area contributed by atoms with Crippen LogP contribution in [0, 0.1) is 5.92 Å². The van der Waals surface area contributed by atoms with E-state index in [4.69, 9.17) is 15.2 Å². The first kappa shape index (κ1) is 15.2. The predicted octanol–water partition coefficient (Wildman–Crippen LogP) is 3.76. The van der Waals surface area contributed by atoms with Crippen LogP contribution in [0.4, 0.5) is 0 Å². The predicted molar refractivity (Wildman–Crippen MR) is 82.3 cm³/mol. The molecule has 1 fully saturated rings. The Balaban J connectivity index is 1.79. The summed E-state index contributed by atoms with van der Waals surface area (Å²) in [6.07, 6.45) is 7.07. The van der Waals surface area contributed by atoms with Crippen molar-refractivity contribution < 1.29 is 9.47 Å². The highest BCUT2D eigenvalue weighted by Crippen LogP contribution is 2.34. The molecule has 0 saturated heterocycles. The number of methoxy groups -OCH3 is 1. The van der Waals surface area contributed by atoms with Crippen LogP contribution in [-0.4, -0.2) is 19.3 Å². The summed E-state index contributed by atoms with van der Waals surface area (Å²) in [4.78, 5) is 0. The molecule has 1 aliphatic rings. The van der Waals surface area contributed by atoms with Gasteiger partial charge in [-0.25, -0.2) is 0 Å². The fourth-order valence-corrected chi connectivity index (χ4v) is 3.14. The lowest BCUT2D eigenvalue weighted by Gasteiger charge is -2.37. The Morgan fingerprint density at radius 2 is 1.95 bits per heavy atom. The van der Waals surface area contributed by atoms with Gasteiger partial charge in [-0.2, -0.15) is 0 Å². The Kier molecular flexibility index (Phi) is 5.30. The zero-order valence-corrected chi connectivity index (χ0v) is 12.7. The Morgan fingerprint density at radius 3 is 2.60 bits per heavy atom. The SMILES string of the molecule is CCC1CCCC(N)(CCOc2ccc(OC)cc2)C1. The molecule has 0 amide bonds. The van der Waals surface area contributed by atoms with Gasteiger partial charge in [-0.1, -0.05) is 26.2 Å². The second-order valence-electron chi connectivity index (χ2n) is 6.01. The lowest BCUT2D eigenvalue weighted by Crippen LogP contribution is -2.45. The Bertz CT molecular complexity index is 404. The quantitative estimate of drug-likeness (QED) is 0.861. The summed E-state index contributed by atoms with van der Waals surface area (Å²) in [7, 11) is 1.67. The fraction of sp³-hybridized carbons (Fsp3) is 0.647. The van der Waals surface area contributed by atoms with Gasteiger partial charge in [0.05, 0.1) is 13.7 Å². The smallest absolute Gasteiger partial charge is 0.119 e. The van der Waals surface area contributed by atoms with Gasteiger partial charge in [0.25, 0.3) is 0 Å². The van der Waals surface area contributed by atoms with Crippen LogP contribution in [-0.2, 0) is 0 Å². The van der Waals surface area contributed by atoms with E-state index in [-0.39, 0.29) is 5.54 Å². The van der Waals surface area contributed by atoms with E-state index in [2.05, 4.69) is 6.92 Å². The third kappa shape index (κ3) is 4.14. The zero-order valence-electron chi connectivity index (χ0n) is 12.7. The highest BCUT2D eigenvalue weighted by atomic mass is 16.5. The minimum atomic E-state index is -0.0224. The topological polar surface area (TPSA) is 44.5 Å². The number of nitrogens with two attached hydrogens (primary N) is 1. The van der Waals surface area contributed by atoms with Crippen molar-refractivity contribution in [2.75, 3.05) is 13.7 Å². The second kappa shape index (κ2) is 6.98. The van der Waals surface area contributed by atoms with Crippen molar-refractivity contribution in [1.29, 1.82) is 0 Å². The average Bonchev–Trinajstić information content (AvgIpc) is 2.48. The maximum Gasteiger partial charge on any atom is 0.119 e. The van der Waals surface area contributed by atoms with Gasteiger partial charge >= 0.3 is 0 Å². The molecule has 3 nitrogen and oxygen atoms in total. The van der Waals surface area contributed by atoms with Crippen LogP contribution in [0.25, 0.3) is 0 Å². The van der Waals surface area contributed by atoms with Crippen molar-refractivity contribution in [1.82, 2.24) is 0 Å². The van der Waals surface area contributed by atoms with Gasteiger partial charge < -0.3 is 15.2 Å². The van der Waals surface area contributed by atoms with Gasteiger partial charge in [0, 0.05) is 5.54 Å². The van der Waals surface area contributed by atoms with Crippen LogP contribution >= 0.6 is 0 Å². The number of ether oxygens (including phenoxy) is 2. The van der Waals surface area contributed by atoms with E-state index < -0.39 is 0 Å². The molecule has 0 bridgehead atoms. The molecule has 0 aromatic heterocycles. The first-order valence-electron chi connectivity index (χ1n) is 7.71. The van der Waals surface area contributed by atoms with E-state index in [1.54, 1.807) is 7.11 Å². The summed E-state index contributed by atoms with van der Waals surface area (Å²) in [6, 6.07) is 7.72. The summed E-state index contributed by atoms with van der Waals surface area (Å²) < 4.78 is 10.9. The zero-order chi connectivity index (χ0) is 14.4. The first-order chi connectivity index (χ1) is 9.65. The first-order valence-corrected chi connectivity index (χ1v) is 7.71. The second-order valence-corrected chi connectivity index (χ2v) is 6.01. The van der Waals surface area contributed by atoms with Crippen LogP contribution in [0.3, 0.4) is 0 Å². The van der Waals surface area contributed by atoms with Gasteiger partial charge in [-0.15, -0.1) is 0 Å². The molecule has 1 aliphatic carbocycles. The minimum Gasteiger partial charge on any atom is -0.497 e. The molecule has 1 saturated carbocycles. The van der Waals surface area contributed by atoms with Crippen LogP contribution in [0.15, 0.2) is 24.3 Å². The molecule has 2 unspecified atom stereocenters. The van der Waals surface area contributed by atoms with Gasteiger partial charge in [-0.3, -0.25) is 0 Å². The van der Waals surface area contributed by atoms with E-state index in [0.717, 1.165) is 36.7 Å². The molecule has 2 atom stereocenters. The summed E-state index contributed by atoms with van der Waals surface area (Å²) in [6.45, 7) is 2.96. The molecule has 20 heavy (non-hydrogen) atoms. The fourth-order valence-electron chi connectivity index (χ4n) is 3.14. The minimum absolute atomic E-state index is 0.0224. The highest BCUT2D eigenvalue weighted by Gasteiger charge is 2.31. The van der Waals surface area contributed by atoms with E-state index in [1.807, 2.05) is 24.3 Å². The molecule has 1 aromatic carbocycles. The molecule has 2 rings (SSSR count). The number of benzene rings is 1. The van der Waals surface area contributed by atoms with E-state index in [0.29, 0.717) is 6.61 Å². The van der Waals surface area contributed by atoms with Gasteiger partial charge in [0.1, 0.15) is 11.5 Å². The normalized spacial score (nSPS) is 26.2. The van der Waals surface area contributed by atoms with Crippen molar-refractivity contribution in [2.24, 2.45) is 11.7 Å². The van der Waals surface area contributed by atoms with Crippen LogP contribution in [0.2, 0.25) is 0 Å². The Hall–Kier alpha value is -1.22. The molecule has 0 heterocycles. The van der Waals surface area contributed by atoms with Crippen molar-refractivity contribution in [3.63, 3.8) is 0 Å². The molecule has 0 aliphatic heterocycles. The molecule has 1 aromatic rings. The lowest BCUT2D eigenvalue weighted by atomic mass is 9.74. The van der Waals surface area contributed by atoms with E-state index in [1.165, 1.54) is 19.3 Å². The number of rotatable bonds is 6. The molecule has 0 spiro atoms. The maximum atomic E-state index is 6.53. The molecule has 112 valence electrons. The third-order valence-electron chi connectivity index (χ3n) is 4.49. The molecule has 0 radical (unpaired) electrons. The van der Waals surface area contributed by atoms with Gasteiger partial charge in [0.15, 0.2) is 0 Å². The number of hydrogen-bond acceptors (Lipinski definition) is 3. The van der Waals surface area contributed by atoms with Crippen LogP contribution < -0.4 is 15.2 Å². The molecular formula is C17H27NO2. The van der Waals surface area contributed by atoms with Crippen molar-refractivity contribution in [2.45, 2.75) is 51.0 Å². The largest absolute Gasteiger partial charge is 0.497 e. The van der Waals surface area contributed by atoms with Gasteiger partial charge in [-0.05, 0) is 49.4 Å². The van der Waals surface area contributed by atoms with E-state index in [9.17, 15) is 0 Å². The van der Waals surface area contributed by atoms with E-state index >= 15 is 0 Å². The van der Waals surface area contributed by atoms with Crippen LogP contribution in [0.5, 0.6) is 11.5 Å². The highest BCUT2D eigenvalue weighted by molar-refractivity contribution is 5.31. The summed E-state index contributed by atoms with van der Waals surface area (Å²) in [5.74, 6) is 2.54. The molecule has 2 N–H and O–H groups in total. The summed E-state index contributed by atoms with van der Waals surface area (Å²) >= 11 is 0. The Labute approximate surface area is 122 Å². The van der Waals surface area contributed by atoms with Crippen molar-refractivity contribution in [3.8, 4) is 11.5 Å². The maximum absolute atomic E-state index is 6.53. The monoisotopic (exact) mass is 277 g/mol. The van der Waals surface area contributed by atoms with Gasteiger partial charge in [0.2, 0.25) is 0 Å². The lowest BCUT2D eigenvalue weighted by molar-refractivity contribution is 0.175. The molecular weight excluding hydrogens is 250 g/mol. The standard InChI is InChI=1S/C17H27NO2/c1-3-14-5-4-10-17(18,13-14)11-12-20-16-8-6-15(19-2)7-9-16/h6-9,14H,3-5,10-13,18H2,1-2H3. The van der Waals surface area contributed by atoms with Crippen LogP contribution in [0.1, 0.15) is 45.4 Å². The van der Waals surface area contributed by atoms with Crippen molar-refractivity contribution in [3.05, 3.63) is 24.3 Å². The molecule has 3 heteroatoms. The Morgan fingerprint density at radius 1 is 1.25 bits per heavy atom. The summed E-state index contributed by atoms with van der Waals surface area (Å²) in [5.41, 5.74) is 6.51. The third-order valence-corrected chi connectivity index (χ3v) is 4.49. The van der Waals surface area contributed by atoms with Crippen molar-refractivity contribution >= 4 is 0 Å². The summed E-state index contributed by atoms with van der Waals surface area (Å²) in [5, 5.41) is 0.